The number of benzene rings is 1. The highest BCUT2D eigenvalue weighted by molar-refractivity contribution is 6.33. The third kappa shape index (κ3) is 2.28. The van der Waals surface area contributed by atoms with Crippen molar-refractivity contribution in [2.75, 3.05) is 17.7 Å². The van der Waals surface area contributed by atoms with Gasteiger partial charge in [0.05, 0.1) is 16.9 Å². The van der Waals surface area contributed by atoms with Crippen molar-refractivity contribution in [1.29, 1.82) is 0 Å². The van der Waals surface area contributed by atoms with Gasteiger partial charge in [0.25, 0.3) is 0 Å². The van der Waals surface area contributed by atoms with Crippen molar-refractivity contribution < 1.29 is 0 Å². The van der Waals surface area contributed by atoms with E-state index in [4.69, 9.17) is 11.6 Å². The Hall–Kier alpha value is -2.27. The molecule has 0 unspecified atom stereocenters. The Balaban J connectivity index is 2.07. The Morgan fingerprint density at radius 2 is 2.15 bits per heavy atom. The van der Waals surface area contributed by atoms with E-state index in [1.165, 1.54) is 0 Å². The van der Waals surface area contributed by atoms with Crippen LogP contribution in [0.25, 0.3) is 5.65 Å². The number of fused-ring (bicyclic) bond motifs is 1. The van der Waals surface area contributed by atoms with Crippen LogP contribution in [0.2, 0.25) is 5.02 Å². The third-order valence-corrected chi connectivity index (χ3v) is 3.32. The lowest BCUT2D eigenvalue weighted by molar-refractivity contribution is 1.12. The van der Waals surface area contributed by atoms with Gasteiger partial charge in [0.15, 0.2) is 11.5 Å². The summed E-state index contributed by atoms with van der Waals surface area (Å²) in [5, 5.41) is 6.92. The molecule has 0 saturated carbocycles. The van der Waals surface area contributed by atoms with E-state index < -0.39 is 0 Å². The van der Waals surface area contributed by atoms with Crippen LogP contribution in [0.5, 0.6) is 0 Å². The second-order valence-electron chi connectivity index (χ2n) is 4.49. The van der Waals surface area contributed by atoms with Crippen LogP contribution in [0.1, 0.15) is 5.56 Å². The van der Waals surface area contributed by atoms with Crippen LogP contribution in [0, 0.1) is 6.92 Å². The lowest BCUT2D eigenvalue weighted by Gasteiger charge is -2.11. The number of halogens is 1. The summed E-state index contributed by atoms with van der Waals surface area (Å²) in [5.74, 6) is 1.41. The average molecular weight is 288 g/mol. The number of aryl methyl sites for hydroxylation is 1. The molecule has 2 aromatic heterocycles. The molecule has 3 rings (SSSR count). The summed E-state index contributed by atoms with van der Waals surface area (Å²) < 4.78 is 1.91. The van der Waals surface area contributed by atoms with Gasteiger partial charge in [-0.2, -0.15) is 0 Å². The first-order valence-electron chi connectivity index (χ1n) is 6.22. The molecule has 102 valence electrons. The lowest BCUT2D eigenvalue weighted by atomic mass is 10.2. The van der Waals surface area contributed by atoms with Crippen molar-refractivity contribution in [2.24, 2.45) is 0 Å². The van der Waals surface area contributed by atoms with E-state index in [0.29, 0.717) is 10.8 Å². The number of nitrogens with one attached hydrogen (secondary N) is 2. The average Bonchev–Trinajstić information content (AvgIpc) is 2.90. The number of imidazole rings is 1. The number of hydrogen-bond donors (Lipinski definition) is 2. The molecule has 0 fully saturated rings. The molecule has 2 heterocycles. The molecule has 2 N–H and O–H groups in total. The normalized spacial score (nSPS) is 10.8. The van der Waals surface area contributed by atoms with Crippen LogP contribution in [-0.4, -0.2) is 21.4 Å². The van der Waals surface area contributed by atoms with E-state index in [1.54, 1.807) is 6.20 Å². The minimum absolute atomic E-state index is 0.659. The highest BCUT2D eigenvalue weighted by atomic mass is 35.5. The Kier molecular flexibility index (Phi) is 3.20. The van der Waals surface area contributed by atoms with Crippen LogP contribution >= 0.6 is 11.6 Å². The lowest BCUT2D eigenvalue weighted by Crippen LogP contribution is -2.02. The zero-order valence-corrected chi connectivity index (χ0v) is 11.9. The topological polar surface area (TPSA) is 54.2 Å². The van der Waals surface area contributed by atoms with Crippen LogP contribution in [0.15, 0.2) is 36.8 Å². The van der Waals surface area contributed by atoms with Gasteiger partial charge in [-0.15, -0.1) is 0 Å². The zero-order chi connectivity index (χ0) is 14.1. The molecule has 0 saturated heterocycles. The van der Waals surface area contributed by atoms with Crippen molar-refractivity contribution in [3.05, 3.63) is 47.4 Å². The zero-order valence-electron chi connectivity index (χ0n) is 11.2. The summed E-state index contributed by atoms with van der Waals surface area (Å²) in [5.41, 5.74) is 2.67. The quantitative estimate of drug-likeness (QED) is 0.774. The molecule has 1 aromatic carbocycles. The fourth-order valence-corrected chi connectivity index (χ4v) is 2.27. The second-order valence-corrected chi connectivity index (χ2v) is 4.90. The summed E-state index contributed by atoms with van der Waals surface area (Å²) in [6.07, 6.45) is 5.49. The van der Waals surface area contributed by atoms with Crippen molar-refractivity contribution in [1.82, 2.24) is 14.4 Å². The minimum Gasteiger partial charge on any atom is -0.372 e. The number of rotatable bonds is 3. The molecule has 0 aliphatic heterocycles. The van der Waals surface area contributed by atoms with Gasteiger partial charge in [0.1, 0.15) is 5.82 Å². The van der Waals surface area contributed by atoms with Crippen molar-refractivity contribution in [3.63, 3.8) is 0 Å². The maximum absolute atomic E-state index is 6.25. The molecule has 0 bridgehead atoms. The fraction of sp³-hybridized carbons (Fsp3) is 0.143. The molecule has 5 nitrogen and oxygen atoms in total. The van der Waals surface area contributed by atoms with Gasteiger partial charge >= 0.3 is 0 Å². The van der Waals surface area contributed by atoms with E-state index in [9.17, 15) is 0 Å². The molecular formula is C14H14ClN5. The van der Waals surface area contributed by atoms with Crippen molar-refractivity contribution in [2.45, 2.75) is 6.92 Å². The van der Waals surface area contributed by atoms with Gasteiger partial charge in [-0.25, -0.2) is 9.97 Å². The molecule has 6 heteroatoms. The van der Waals surface area contributed by atoms with Gasteiger partial charge in [-0.3, -0.25) is 0 Å². The van der Waals surface area contributed by atoms with E-state index in [0.717, 1.165) is 22.7 Å². The highest BCUT2D eigenvalue weighted by Crippen LogP contribution is 2.27. The first-order chi connectivity index (χ1) is 9.67. The molecule has 0 radical (unpaired) electrons. The smallest absolute Gasteiger partial charge is 0.180 e. The molecule has 0 amide bonds. The molecule has 0 atom stereocenters. The van der Waals surface area contributed by atoms with Crippen LogP contribution in [0.4, 0.5) is 17.3 Å². The van der Waals surface area contributed by atoms with Crippen LogP contribution < -0.4 is 10.6 Å². The Morgan fingerprint density at radius 3 is 2.90 bits per heavy atom. The minimum atomic E-state index is 0.659. The van der Waals surface area contributed by atoms with Crippen molar-refractivity contribution >= 4 is 34.6 Å². The monoisotopic (exact) mass is 287 g/mol. The first-order valence-corrected chi connectivity index (χ1v) is 6.60. The predicted octanol–water partition coefficient (Wildman–Crippen LogP) is 3.48. The third-order valence-electron chi connectivity index (χ3n) is 3.01. The van der Waals surface area contributed by atoms with Gasteiger partial charge in [0, 0.05) is 19.4 Å². The summed E-state index contributed by atoms with van der Waals surface area (Å²) in [4.78, 5) is 8.79. The summed E-state index contributed by atoms with van der Waals surface area (Å²) in [6.45, 7) is 2.00. The van der Waals surface area contributed by atoms with Gasteiger partial charge < -0.3 is 15.0 Å². The standard InChI is InChI=1S/C14H14ClN5/c1-9-3-4-11(10(15)7-9)18-13-14-17-5-6-20(14)8-12(16-2)19-13/h3-8,16H,1-2H3,(H,18,19). The molecular weight excluding hydrogens is 274 g/mol. The number of anilines is 3. The number of nitrogens with zero attached hydrogens (tertiary/aromatic N) is 3. The number of hydrogen-bond acceptors (Lipinski definition) is 4. The summed E-state index contributed by atoms with van der Waals surface area (Å²) in [6, 6.07) is 5.85. The molecule has 0 aliphatic carbocycles. The van der Waals surface area contributed by atoms with E-state index in [2.05, 4.69) is 20.6 Å². The van der Waals surface area contributed by atoms with E-state index >= 15 is 0 Å². The largest absolute Gasteiger partial charge is 0.372 e. The van der Waals surface area contributed by atoms with Crippen molar-refractivity contribution in [3.8, 4) is 0 Å². The van der Waals surface area contributed by atoms with Gasteiger partial charge in [0.2, 0.25) is 0 Å². The second kappa shape index (κ2) is 5.02. The van der Waals surface area contributed by atoms with Crippen LogP contribution in [0.3, 0.4) is 0 Å². The summed E-state index contributed by atoms with van der Waals surface area (Å²) >= 11 is 6.25. The molecule has 3 aromatic rings. The Bertz CT molecular complexity index is 765. The predicted molar refractivity (Wildman–Crippen MR) is 82.0 cm³/mol. The van der Waals surface area contributed by atoms with E-state index in [1.807, 2.05) is 49.0 Å². The molecule has 0 aliphatic rings. The van der Waals surface area contributed by atoms with Crippen LogP contribution in [-0.2, 0) is 0 Å². The molecule has 20 heavy (non-hydrogen) atoms. The van der Waals surface area contributed by atoms with Gasteiger partial charge in [-0.05, 0) is 24.6 Å². The first kappa shape index (κ1) is 12.7. The number of aromatic nitrogens is 3. The molecule has 0 spiro atoms. The Labute approximate surface area is 121 Å². The van der Waals surface area contributed by atoms with E-state index in [-0.39, 0.29) is 0 Å². The maximum atomic E-state index is 6.25. The van der Waals surface area contributed by atoms with Gasteiger partial charge in [-0.1, -0.05) is 17.7 Å². The fourth-order valence-electron chi connectivity index (χ4n) is 1.99. The summed E-state index contributed by atoms with van der Waals surface area (Å²) in [7, 11) is 1.83. The highest BCUT2D eigenvalue weighted by Gasteiger charge is 2.09. The Morgan fingerprint density at radius 1 is 1.30 bits per heavy atom. The maximum Gasteiger partial charge on any atom is 0.180 e. The SMILES string of the molecule is CNc1cn2ccnc2c(Nc2ccc(C)cc2Cl)n1.